The summed E-state index contributed by atoms with van der Waals surface area (Å²) in [6.45, 7) is 0. The van der Waals surface area contributed by atoms with Crippen molar-refractivity contribution in [1.29, 1.82) is 0 Å². The molecule has 0 aliphatic rings. The van der Waals surface area contributed by atoms with E-state index in [0.29, 0.717) is 0 Å². The minimum Gasteiger partial charge on any atom is 0 e. The van der Waals surface area contributed by atoms with Crippen LogP contribution in [0.15, 0.2) is 0 Å². The molecule has 0 spiro atoms. The van der Waals surface area contributed by atoms with Gasteiger partial charge in [-0.05, 0) is 0 Å². The fourth-order valence-corrected chi connectivity index (χ4v) is 0. The van der Waals surface area contributed by atoms with Crippen molar-refractivity contribution in [3.05, 3.63) is 0 Å². The molecular formula is CuNiPbSnZn. The van der Waals surface area contributed by atoms with Crippen LogP contribution in [0.2, 0.25) is 0 Å². The molecule has 0 atom stereocenters. The summed E-state index contributed by atoms with van der Waals surface area (Å²) < 4.78 is 0. The molecule has 0 saturated carbocycles. The van der Waals surface area contributed by atoms with Crippen molar-refractivity contribution in [3.63, 3.8) is 0 Å². The van der Waals surface area contributed by atoms with Gasteiger partial charge in [0.25, 0.3) is 0 Å². The van der Waals surface area contributed by atoms with E-state index in [4.69, 9.17) is 0 Å². The van der Waals surface area contributed by atoms with Crippen LogP contribution in [0.3, 0.4) is 0 Å². The second kappa shape index (κ2) is 26.4. The molecule has 9 radical (unpaired) electrons. The Bertz CT molecular complexity index is 11.6. The molecule has 0 amide bonds. The van der Waals surface area contributed by atoms with Gasteiger partial charge in [-0.3, -0.25) is 0 Å². The molecule has 0 saturated heterocycles. The van der Waals surface area contributed by atoms with Crippen molar-refractivity contribution in [2.24, 2.45) is 0 Å². The zero-order chi connectivity index (χ0) is 0. The topological polar surface area (TPSA) is 0 Å². The fourth-order valence-electron chi connectivity index (χ4n) is 0. The van der Waals surface area contributed by atoms with E-state index in [-0.39, 0.29) is 104 Å². The van der Waals surface area contributed by atoms with Crippen LogP contribution in [0.1, 0.15) is 0 Å². The Morgan fingerprint density at radius 2 is 1.00 bits per heavy atom. The molecule has 0 heterocycles. The molecule has 0 rings (SSSR count). The van der Waals surface area contributed by atoms with Crippen molar-refractivity contribution < 1.29 is 53.0 Å². The monoisotopic (exact) mass is 513 g/mol. The molecule has 0 aromatic heterocycles. The average Bonchev–Trinajstić information content (AvgIpc) is 0. The van der Waals surface area contributed by atoms with E-state index in [1.807, 2.05) is 0 Å². The van der Waals surface area contributed by atoms with Crippen molar-refractivity contribution in [2.75, 3.05) is 0 Å². The van der Waals surface area contributed by atoms with Gasteiger partial charge in [-0.15, -0.1) is 0 Å². The van der Waals surface area contributed by atoms with E-state index < -0.39 is 0 Å². The van der Waals surface area contributed by atoms with Crippen LogP contribution >= 0.6 is 0 Å². The van der Waals surface area contributed by atoms with Crippen LogP contribution in [-0.4, -0.2) is 51.2 Å². The van der Waals surface area contributed by atoms with E-state index in [9.17, 15) is 0 Å². The van der Waals surface area contributed by atoms with Crippen molar-refractivity contribution in [3.8, 4) is 0 Å². The van der Waals surface area contributed by atoms with Gasteiger partial charge in [0.05, 0.1) is 0 Å². The van der Waals surface area contributed by atoms with Gasteiger partial charge in [-0.2, -0.15) is 0 Å². The normalized spacial score (nSPS) is 0. The molecule has 0 fully saturated rings. The van der Waals surface area contributed by atoms with Gasteiger partial charge in [0, 0.05) is 104 Å². The number of hydrogen-bond acceptors (Lipinski definition) is 0. The maximum atomic E-state index is 0. The molecule has 0 aromatic rings. The van der Waals surface area contributed by atoms with E-state index in [0.717, 1.165) is 0 Å². The molecule has 0 aliphatic carbocycles. The zero-order valence-electron chi connectivity index (χ0n) is 2.32. The van der Waals surface area contributed by atoms with E-state index in [2.05, 4.69) is 0 Å². The molecule has 5 heteroatoms. The average molecular weight is 514 g/mol. The molecule has 0 bridgehead atoms. The minimum absolute atomic E-state index is 0. The number of rotatable bonds is 0. The smallest absolute Gasteiger partial charge is 0 e. The van der Waals surface area contributed by atoms with Crippen LogP contribution in [0.4, 0.5) is 0 Å². The summed E-state index contributed by atoms with van der Waals surface area (Å²) in [7, 11) is 0. The van der Waals surface area contributed by atoms with Crippen LogP contribution in [0.25, 0.3) is 0 Å². The van der Waals surface area contributed by atoms with E-state index in [1.54, 1.807) is 0 Å². The maximum absolute atomic E-state index is 0. The first kappa shape index (κ1) is 40.1. The van der Waals surface area contributed by atoms with Crippen LogP contribution in [0, 0.1) is 0 Å². The predicted molar refractivity (Wildman–Crippen MR) is 11.5 cm³/mol. The van der Waals surface area contributed by atoms with Gasteiger partial charge in [0.2, 0.25) is 0 Å². The predicted octanol–water partition coefficient (Wildman–Crippen LogP) is -0.769. The molecule has 0 N–H and O–H groups in total. The third-order valence-electron chi connectivity index (χ3n) is 0. The molecule has 0 unspecified atom stereocenters. The summed E-state index contributed by atoms with van der Waals surface area (Å²) in [6.07, 6.45) is 0. The molecule has 0 aliphatic heterocycles. The SMILES string of the molecule is [Cu].[Ni].[Pb].[Sn].[Zn]. The molecule has 5 heavy (non-hydrogen) atoms. The standard InChI is InChI=1S/Cu.Ni.Pb.Sn.Zn. The maximum Gasteiger partial charge on any atom is 0 e. The van der Waals surface area contributed by atoms with Crippen LogP contribution in [-0.2, 0) is 53.0 Å². The van der Waals surface area contributed by atoms with Gasteiger partial charge in [-0.25, -0.2) is 0 Å². The number of hydrogen-bond donors (Lipinski definition) is 0. The Kier molecular flexibility index (Phi) is 212. The zero-order valence-corrected chi connectivity index (χ0v) is 14.0. The first-order chi connectivity index (χ1) is 0. The Morgan fingerprint density at radius 3 is 1.00 bits per heavy atom. The molecule has 31 valence electrons. The van der Waals surface area contributed by atoms with Gasteiger partial charge in [0.1, 0.15) is 0 Å². The quantitative estimate of drug-likeness (QED) is 0.374. The molecule has 0 aromatic carbocycles. The van der Waals surface area contributed by atoms with Crippen LogP contribution < -0.4 is 0 Å². The van der Waals surface area contributed by atoms with Crippen molar-refractivity contribution in [1.82, 2.24) is 0 Å². The third kappa shape index (κ3) is 18.7. The summed E-state index contributed by atoms with van der Waals surface area (Å²) >= 11 is 0. The summed E-state index contributed by atoms with van der Waals surface area (Å²) in [6, 6.07) is 0. The van der Waals surface area contributed by atoms with Crippen LogP contribution in [0.5, 0.6) is 0 Å². The Hall–Kier alpha value is 3.36. The summed E-state index contributed by atoms with van der Waals surface area (Å²) in [5.41, 5.74) is 0. The summed E-state index contributed by atoms with van der Waals surface area (Å²) in [4.78, 5) is 0. The van der Waals surface area contributed by atoms with Crippen molar-refractivity contribution >= 4 is 51.2 Å². The second-order valence-corrected chi connectivity index (χ2v) is 0. The fraction of sp³-hybridized carbons (Fsp3) is 0. The Balaban J connectivity index is 0. The first-order valence-corrected chi connectivity index (χ1v) is 0. The van der Waals surface area contributed by atoms with Gasteiger partial charge >= 0.3 is 0 Å². The van der Waals surface area contributed by atoms with Gasteiger partial charge < -0.3 is 0 Å². The molecule has 0 nitrogen and oxygen atoms in total. The largest absolute Gasteiger partial charge is 0 e. The van der Waals surface area contributed by atoms with E-state index in [1.165, 1.54) is 0 Å². The van der Waals surface area contributed by atoms with Crippen molar-refractivity contribution in [2.45, 2.75) is 0 Å². The Labute approximate surface area is 102 Å². The second-order valence-electron chi connectivity index (χ2n) is 0. The van der Waals surface area contributed by atoms with Gasteiger partial charge in [-0.1, -0.05) is 0 Å². The summed E-state index contributed by atoms with van der Waals surface area (Å²) in [5, 5.41) is 0. The third-order valence-corrected chi connectivity index (χ3v) is 0. The Morgan fingerprint density at radius 1 is 1.00 bits per heavy atom. The first-order valence-electron chi connectivity index (χ1n) is 0. The van der Waals surface area contributed by atoms with Gasteiger partial charge in [0.15, 0.2) is 0 Å². The van der Waals surface area contributed by atoms with E-state index >= 15 is 0 Å². The molecular weight excluding hydrogens is 514 g/mol. The summed E-state index contributed by atoms with van der Waals surface area (Å²) in [5.74, 6) is 0. The minimum atomic E-state index is 0.